The minimum absolute atomic E-state index is 0.0608. The standard InChI is InChI=1S/C18H23N3O5S3/c1-12-4-5-15(10-13(12)2)29(25,26)21-8-6-20(7-9-21)18(22)17-14(3)11-16(27-17)28(19,23)24/h4-5,10-11H,6-9H2,1-3H3,(H2,19,23,24). The van der Waals surface area contributed by atoms with Crippen molar-refractivity contribution in [3.63, 3.8) is 0 Å². The van der Waals surface area contributed by atoms with Gasteiger partial charge >= 0.3 is 0 Å². The number of benzene rings is 1. The van der Waals surface area contributed by atoms with Crippen LogP contribution in [0.2, 0.25) is 0 Å². The van der Waals surface area contributed by atoms with Crippen molar-refractivity contribution >= 4 is 37.3 Å². The van der Waals surface area contributed by atoms with E-state index >= 15 is 0 Å². The summed E-state index contributed by atoms with van der Waals surface area (Å²) in [5, 5.41) is 5.14. The average molecular weight is 458 g/mol. The van der Waals surface area contributed by atoms with Gasteiger partial charge in [0.15, 0.2) is 0 Å². The van der Waals surface area contributed by atoms with E-state index in [-0.39, 0.29) is 41.2 Å². The minimum Gasteiger partial charge on any atom is -0.335 e. The van der Waals surface area contributed by atoms with Crippen molar-refractivity contribution in [1.82, 2.24) is 9.21 Å². The topological polar surface area (TPSA) is 118 Å². The molecule has 1 aliphatic heterocycles. The van der Waals surface area contributed by atoms with E-state index in [1.54, 1.807) is 25.1 Å². The van der Waals surface area contributed by atoms with E-state index in [1.807, 2.05) is 13.8 Å². The van der Waals surface area contributed by atoms with Gasteiger partial charge in [-0.15, -0.1) is 11.3 Å². The first kappa shape index (κ1) is 21.9. The Morgan fingerprint density at radius 3 is 2.07 bits per heavy atom. The lowest BCUT2D eigenvalue weighted by Gasteiger charge is -2.34. The van der Waals surface area contributed by atoms with Crippen molar-refractivity contribution in [1.29, 1.82) is 0 Å². The Bertz CT molecular complexity index is 1160. The van der Waals surface area contributed by atoms with E-state index in [0.717, 1.165) is 22.5 Å². The van der Waals surface area contributed by atoms with Crippen LogP contribution >= 0.6 is 11.3 Å². The molecule has 3 rings (SSSR count). The highest BCUT2D eigenvalue weighted by molar-refractivity contribution is 7.91. The maximum Gasteiger partial charge on any atom is 0.264 e. The van der Waals surface area contributed by atoms with Crippen LogP contribution in [0.5, 0.6) is 0 Å². The number of hydrogen-bond donors (Lipinski definition) is 1. The predicted molar refractivity (Wildman–Crippen MR) is 111 cm³/mol. The Morgan fingerprint density at radius 1 is 0.931 bits per heavy atom. The minimum atomic E-state index is -3.87. The number of hydrogen-bond acceptors (Lipinski definition) is 6. The first-order valence-electron chi connectivity index (χ1n) is 8.91. The molecule has 1 saturated heterocycles. The van der Waals surface area contributed by atoms with Crippen LogP contribution in [-0.4, -0.2) is 58.1 Å². The van der Waals surface area contributed by atoms with Crippen LogP contribution in [0.3, 0.4) is 0 Å². The summed E-state index contributed by atoms with van der Waals surface area (Å²) in [6, 6.07) is 6.42. The van der Waals surface area contributed by atoms with Gasteiger partial charge in [-0.1, -0.05) is 6.07 Å². The van der Waals surface area contributed by atoms with Crippen LogP contribution in [0.15, 0.2) is 33.4 Å². The van der Waals surface area contributed by atoms with Crippen LogP contribution in [0, 0.1) is 20.8 Å². The molecule has 0 aliphatic carbocycles. The van der Waals surface area contributed by atoms with Crippen molar-refractivity contribution in [2.75, 3.05) is 26.2 Å². The van der Waals surface area contributed by atoms with E-state index in [9.17, 15) is 21.6 Å². The zero-order chi connectivity index (χ0) is 21.6. The summed E-state index contributed by atoms with van der Waals surface area (Å²) in [6.07, 6.45) is 0. The van der Waals surface area contributed by atoms with Crippen LogP contribution in [0.1, 0.15) is 26.4 Å². The number of nitrogens with two attached hydrogens (primary N) is 1. The van der Waals surface area contributed by atoms with Crippen LogP contribution in [0.25, 0.3) is 0 Å². The second-order valence-corrected chi connectivity index (χ2v) is 11.8. The maximum atomic E-state index is 12.9. The number of piperazine rings is 1. The fourth-order valence-corrected chi connectivity index (χ4v) is 6.54. The number of primary sulfonamides is 1. The van der Waals surface area contributed by atoms with Crippen LogP contribution in [-0.2, 0) is 20.0 Å². The number of rotatable bonds is 4. The lowest BCUT2D eigenvalue weighted by Crippen LogP contribution is -2.50. The molecule has 0 unspecified atom stereocenters. The smallest absolute Gasteiger partial charge is 0.264 e. The molecule has 2 heterocycles. The molecule has 0 saturated carbocycles. The fraction of sp³-hybridized carbons (Fsp3) is 0.389. The lowest BCUT2D eigenvalue weighted by atomic mass is 10.1. The van der Waals surface area contributed by atoms with E-state index in [4.69, 9.17) is 5.14 Å². The molecule has 2 aromatic rings. The van der Waals surface area contributed by atoms with E-state index in [0.29, 0.717) is 10.4 Å². The number of sulfonamides is 2. The summed E-state index contributed by atoms with van der Waals surface area (Å²) in [7, 11) is -7.51. The van der Waals surface area contributed by atoms with Gasteiger partial charge in [0, 0.05) is 26.2 Å². The van der Waals surface area contributed by atoms with E-state index < -0.39 is 20.0 Å². The number of carbonyl (C=O) groups excluding carboxylic acids is 1. The number of carbonyl (C=O) groups is 1. The van der Waals surface area contributed by atoms with Crippen molar-refractivity contribution in [2.45, 2.75) is 29.9 Å². The van der Waals surface area contributed by atoms with Gasteiger partial charge in [-0.3, -0.25) is 4.79 Å². The summed E-state index contributed by atoms with van der Waals surface area (Å²) in [5.74, 6) is -0.314. The van der Waals surface area contributed by atoms with Gasteiger partial charge in [-0.2, -0.15) is 4.31 Å². The zero-order valence-corrected chi connectivity index (χ0v) is 18.8. The first-order chi connectivity index (χ1) is 13.4. The third-order valence-electron chi connectivity index (χ3n) is 5.01. The van der Waals surface area contributed by atoms with Gasteiger partial charge in [0.2, 0.25) is 20.0 Å². The third kappa shape index (κ3) is 4.38. The quantitative estimate of drug-likeness (QED) is 0.746. The number of nitrogens with zero attached hydrogens (tertiary/aromatic N) is 2. The molecule has 0 radical (unpaired) electrons. The Hall–Kier alpha value is -1.79. The molecule has 158 valence electrons. The highest BCUT2D eigenvalue weighted by Gasteiger charge is 2.32. The zero-order valence-electron chi connectivity index (χ0n) is 16.4. The lowest BCUT2D eigenvalue weighted by molar-refractivity contribution is 0.0702. The predicted octanol–water partition coefficient (Wildman–Crippen LogP) is 1.47. The van der Waals surface area contributed by atoms with Crippen molar-refractivity contribution < 1.29 is 21.6 Å². The second-order valence-electron chi connectivity index (χ2n) is 7.06. The Morgan fingerprint density at radius 2 is 1.55 bits per heavy atom. The number of thiophene rings is 1. The van der Waals surface area contributed by atoms with E-state index in [1.165, 1.54) is 15.3 Å². The molecule has 0 atom stereocenters. The highest BCUT2D eigenvalue weighted by Crippen LogP contribution is 2.27. The second kappa shape index (κ2) is 7.80. The molecular formula is C18H23N3O5S3. The normalized spacial score (nSPS) is 16.2. The van der Waals surface area contributed by atoms with Gasteiger partial charge in [0.1, 0.15) is 4.21 Å². The first-order valence-corrected chi connectivity index (χ1v) is 12.7. The van der Waals surface area contributed by atoms with Crippen LogP contribution in [0.4, 0.5) is 0 Å². The monoisotopic (exact) mass is 457 g/mol. The molecule has 0 spiro atoms. The fourth-order valence-electron chi connectivity index (χ4n) is 3.10. The van der Waals surface area contributed by atoms with Gasteiger partial charge in [0.05, 0.1) is 9.77 Å². The average Bonchev–Trinajstić information content (AvgIpc) is 3.05. The number of amides is 1. The summed E-state index contributed by atoms with van der Waals surface area (Å²) in [6.45, 7) is 6.24. The SMILES string of the molecule is Cc1ccc(S(=O)(=O)N2CCN(C(=O)c3sc(S(N)(=O)=O)cc3C)CC2)cc1C. The summed E-state index contributed by atoms with van der Waals surface area (Å²) in [5.41, 5.74) is 2.46. The molecule has 1 aliphatic rings. The molecule has 1 amide bonds. The largest absolute Gasteiger partial charge is 0.335 e. The van der Waals surface area contributed by atoms with Gasteiger partial charge < -0.3 is 4.90 Å². The molecule has 1 fully saturated rings. The molecule has 8 nitrogen and oxygen atoms in total. The Kier molecular flexibility index (Phi) is 5.89. The summed E-state index contributed by atoms with van der Waals surface area (Å²) in [4.78, 5) is 14.9. The molecule has 0 bridgehead atoms. The molecule has 1 aromatic heterocycles. The third-order valence-corrected chi connectivity index (χ3v) is 9.55. The van der Waals surface area contributed by atoms with Gasteiger partial charge in [-0.05, 0) is 55.7 Å². The molecule has 29 heavy (non-hydrogen) atoms. The number of aryl methyl sites for hydroxylation is 3. The summed E-state index contributed by atoms with van der Waals surface area (Å²) >= 11 is 0.838. The molecule has 1 aromatic carbocycles. The van der Waals surface area contributed by atoms with Gasteiger partial charge in [-0.25, -0.2) is 22.0 Å². The molecular weight excluding hydrogens is 434 g/mol. The Labute approximate surface area is 175 Å². The Balaban J connectivity index is 1.74. The molecule has 11 heteroatoms. The molecule has 2 N–H and O–H groups in total. The van der Waals surface area contributed by atoms with Crippen molar-refractivity contribution in [3.05, 3.63) is 45.8 Å². The summed E-state index contributed by atoms with van der Waals surface area (Å²) < 4.78 is 50.2. The van der Waals surface area contributed by atoms with Gasteiger partial charge in [0.25, 0.3) is 5.91 Å². The van der Waals surface area contributed by atoms with Crippen molar-refractivity contribution in [2.24, 2.45) is 5.14 Å². The van der Waals surface area contributed by atoms with E-state index in [2.05, 4.69) is 0 Å². The maximum absolute atomic E-state index is 12.9. The van der Waals surface area contributed by atoms with Crippen molar-refractivity contribution in [3.8, 4) is 0 Å². The van der Waals surface area contributed by atoms with Crippen LogP contribution < -0.4 is 5.14 Å². The highest BCUT2D eigenvalue weighted by atomic mass is 32.2.